The van der Waals surface area contributed by atoms with Crippen molar-refractivity contribution in [2.75, 3.05) is 25.6 Å². The molecule has 0 saturated heterocycles. The highest BCUT2D eigenvalue weighted by Crippen LogP contribution is 2.29. The third-order valence-electron chi connectivity index (χ3n) is 4.76. The van der Waals surface area contributed by atoms with Gasteiger partial charge in [0.15, 0.2) is 11.5 Å². The molecule has 0 aromatic heterocycles. The maximum atomic E-state index is 12.7. The lowest BCUT2D eigenvalue weighted by Crippen LogP contribution is -2.27. The summed E-state index contributed by atoms with van der Waals surface area (Å²) in [6.45, 7) is 9.52. The zero-order valence-electron chi connectivity index (χ0n) is 18.5. The van der Waals surface area contributed by atoms with Crippen LogP contribution in [0.15, 0.2) is 42.5 Å². The number of carbonyl (C=O) groups excluding carboxylic acids is 2. The highest BCUT2D eigenvalue weighted by molar-refractivity contribution is 6.04. The molecule has 2 rings (SSSR count). The summed E-state index contributed by atoms with van der Waals surface area (Å²) in [5.74, 6) is 1.49. The topological polar surface area (TPSA) is 67.9 Å². The van der Waals surface area contributed by atoms with Crippen LogP contribution >= 0.6 is 0 Å². The SMILES string of the molecule is CCN(Cc1cccc(NC(=O)c2ccc(OCCC(C)C)c(OC)c2)c1)C(C)=O. The summed E-state index contributed by atoms with van der Waals surface area (Å²) in [6, 6.07) is 12.7. The molecule has 0 aliphatic carbocycles. The van der Waals surface area contributed by atoms with Crippen LogP contribution in [0.2, 0.25) is 0 Å². The number of rotatable bonds is 10. The van der Waals surface area contributed by atoms with Gasteiger partial charge in [-0.15, -0.1) is 0 Å². The lowest BCUT2D eigenvalue weighted by molar-refractivity contribution is -0.129. The largest absolute Gasteiger partial charge is 0.493 e. The second kappa shape index (κ2) is 11.2. The second-order valence-corrected chi connectivity index (χ2v) is 7.58. The minimum absolute atomic E-state index is 0.0229. The van der Waals surface area contributed by atoms with Gasteiger partial charge in [0.25, 0.3) is 5.91 Å². The molecule has 2 amide bonds. The number of benzene rings is 2. The average Bonchev–Trinajstić information content (AvgIpc) is 2.71. The minimum atomic E-state index is -0.238. The summed E-state index contributed by atoms with van der Waals surface area (Å²) in [5.41, 5.74) is 2.11. The molecule has 0 saturated carbocycles. The number of hydrogen-bond acceptors (Lipinski definition) is 4. The van der Waals surface area contributed by atoms with E-state index in [1.54, 1.807) is 37.1 Å². The molecule has 0 heterocycles. The van der Waals surface area contributed by atoms with Gasteiger partial charge < -0.3 is 19.7 Å². The van der Waals surface area contributed by atoms with Gasteiger partial charge >= 0.3 is 0 Å². The zero-order valence-corrected chi connectivity index (χ0v) is 18.5. The van der Waals surface area contributed by atoms with Gasteiger partial charge in [0.2, 0.25) is 5.91 Å². The van der Waals surface area contributed by atoms with Crippen molar-refractivity contribution >= 4 is 17.5 Å². The first-order chi connectivity index (χ1) is 14.3. The summed E-state index contributed by atoms with van der Waals surface area (Å²) in [6.07, 6.45) is 0.945. The van der Waals surface area contributed by atoms with Crippen molar-refractivity contribution in [1.29, 1.82) is 0 Å². The van der Waals surface area contributed by atoms with Gasteiger partial charge in [0, 0.05) is 31.3 Å². The first kappa shape index (κ1) is 23.3. The number of ether oxygens (including phenoxy) is 2. The summed E-state index contributed by atoms with van der Waals surface area (Å²) in [7, 11) is 1.56. The van der Waals surface area contributed by atoms with E-state index >= 15 is 0 Å². The Morgan fingerprint density at radius 3 is 2.50 bits per heavy atom. The van der Waals surface area contributed by atoms with Crippen LogP contribution in [0.1, 0.15) is 50.0 Å². The Bertz CT molecular complexity index is 864. The van der Waals surface area contributed by atoms with Gasteiger partial charge in [0.05, 0.1) is 13.7 Å². The van der Waals surface area contributed by atoms with Crippen molar-refractivity contribution in [2.24, 2.45) is 5.92 Å². The third kappa shape index (κ3) is 6.79. The van der Waals surface area contributed by atoms with E-state index in [-0.39, 0.29) is 11.8 Å². The van der Waals surface area contributed by atoms with Crippen LogP contribution in [0, 0.1) is 5.92 Å². The quantitative estimate of drug-likeness (QED) is 0.612. The van der Waals surface area contributed by atoms with Gasteiger partial charge in [-0.3, -0.25) is 9.59 Å². The molecule has 0 bridgehead atoms. The lowest BCUT2D eigenvalue weighted by Gasteiger charge is -2.19. The Kier molecular flexibility index (Phi) is 8.71. The molecule has 0 aliphatic rings. The molecule has 6 nitrogen and oxygen atoms in total. The zero-order chi connectivity index (χ0) is 22.1. The molecule has 2 aromatic carbocycles. The van der Waals surface area contributed by atoms with E-state index in [4.69, 9.17) is 9.47 Å². The molecule has 0 unspecified atom stereocenters. The maximum absolute atomic E-state index is 12.7. The molecule has 0 radical (unpaired) electrons. The van der Waals surface area contributed by atoms with Crippen molar-refractivity contribution in [2.45, 2.75) is 40.7 Å². The Labute approximate surface area is 179 Å². The number of nitrogens with one attached hydrogen (secondary N) is 1. The van der Waals surface area contributed by atoms with Crippen molar-refractivity contribution in [3.8, 4) is 11.5 Å². The van der Waals surface area contributed by atoms with E-state index in [0.717, 1.165) is 12.0 Å². The number of methoxy groups -OCH3 is 1. The Hall–Kier alpha value is -3.02. The molecule has 0 atom stereocenters. The van der Waals surface area contributed by atoms with E-state index in [2.05, 4.69) is 19.2 Å². The fraction of sp³-hybridized carbons (Fsp3) is 0.417. The highest BCUT2D eigenvalue weighted by Gasteiger charge is 2.13. The molecule has 0 aliphatic heterocycles. The third-order valence-corrected chi connectivity index (χ3v) is 4.76. The Morgan fingerprint density at radius 2 is 1.87 bits per heavy atom. The van der Waals surface area contributed by atoms with E-state index in [1.165, 1.54) is 0 Å². The monoisotopic (exact) mass is 412 g/mol. The normalized spacial score (nSPS) is 10.6. The number of hydrogen-bond donors (Lipinski definition) is 1. The maximum Gasteiger partial charge on any atom is 0.255 e. The smallest absolute Gasteiger partial charge is 0.255 e. The van der Waals surface area contributed by atoms with Gasteiger partial charge in [-0.1, -0.05) is 26.0 Å². The lowest BCUT2D eigenvalue weighted by atomic mass is 10.1. The molecule has 0 fully saturated rings. The van der Waals surface area contributed by atoms with Gasteiger partial charge in [-0.05, 0) is 55.2 Å². The summed E-state index contributed by atoms with van der Waals surface area (Å²) >= 11 is 0. The number of anilines is 1. The Balaban J connectivity index is 2.08. The molecule has 1 N–H and O–H groups in total. The van der Waals surface area contributed by atoms with Crippen molar-refractivity contribution in [3.05, 3.63) is 53.6 Å². The molecule has 2 aromatic rings. The average molecular weight is 413 g/mol. The minimum Gasteiger partial charge on any atom is -0.493 e. The first-order valence-corrected chi connectivity index (χ1v) is 10.3. The molecular formula is C24H32N2O4. The van der Waals surface area contributed by atoms with Gasteiger partial charge in [0.1, 0.15) is 0 Å². The number of nitrogens with zero attached hydrogens (tertiary/aromatic N) is 1. The van der Waals surface area contributed by atoms with Crippen molar-refractivity contribution in [1.82, 2.24) is 4.90 Å². The van der Waals surface area contributed by atoms with Gasteiger partial charge in [-0.25, -0.2) is 0 Å². The molecule has 6 heteroatoms. The van der Waals surface area contributed by atoms with E-state index in [9.17, 15) is 9.59 Å². The van der Waals surface area contributed by atoms with Crippen molar-refractivity contribution in [3.63, 3.8) is 0 Å². The van der Waals surface area contributed by atoms with Crippen LogP contribution in [-0.2, 0) is 11.3 Å². The molecule has 30 heavy (non-hydrogen) atoms. The standard InChI is InChI=1S/C24H32N2O4/c1-6-26(18(4)27)16-19-8-7-9-21(14-19)25-24(28)20-10-11-22(23(15-20)29-5)30-13-12-17(2)3/h7-11,14-15,17H,6,12-13,16H2,1-5H3,(H,25,28). The van der Waals surface area contributed by atoms with Crippen LogP contribution in [0.25, 0.3) is 0 Å². The van der Waals surface area contributed by atoms with Crippen LogP contribution in [0.4, 0.5) is 5.69 Å². The predicted molar refractivity (Wildman–Crippen MR) is 119 cm³/mol. The van der Waals surface area contributed by atoms with E-state index in [1.807, 2.05) is 31.2 Å². The number of amides is 2. The predicted octanol–water partition coefficient (Wildman–Crippen LogP) is 4.74. The second-order valence-electron chi connectivity index (χ2n) is 7.58. The van der Waals surface area contributed by atoms with E-state index in [0.29, 0.717) is 48.4 Å². The summed E-state index contributed by atoms with van der Waals surface area (Å²) < 4.78 is 11.2. The summed E-state index contributed by atoms with van der Waals surface area (Å²) in [5, 5.41) is 2.91. The Morgan fingerprint density at radius 1 is 1.10 bits per heavy atom. The number of carbonyl (C=O) groups is 2. The van der Waals surface area contributed by atoms with Crippen molar-refractivity contribution < 1.29 is 19.1 Å². The summed E-state index contributed by atoms with van der Waals surface area (Å²) in [4.78, 5) is 26.1. The fourth-order valence-electron chi connectivity index (χ4n) is 2.95. The van der Waals surface area contributed by atoms with Crippen LogP contribution in [-0.4, -0.2) is 37.0 Å². The molecule has 162 valence electrons. The molecular weight excluding hydrogens is 380 g/mol. The van der Waals surface area contributed by atoms with Crippen LogP contribution < -0.4 is 14.8 Å². The molecule has 0 spiro atoms. The fourth-order valence-corrected chi connectivity index (χ4v) is 2.95. The van der Waals surface area contributed by atoms with Gasteiger partial charge in [-0.2, -0.15) is 0 Å². The highest BCUT2D eigenvalue weighted by atomic mass is 16.5. The van der Waals surface area contributed by atoms with Crippen LogP contribution in [0.5, 0.6) is 11.5 Å². The van der Waals surface area contributed by atoms with Crippen LogP contribution in [0.3, 0.4) is 0 Å². The van der Waals surface area contributed by atoms with E-state index < -0.39 is 0 Å². The first-order valence-electron chi connectivity index (χ1n) is 10.3.